The molecule has 3 N–H and O–H groups in total. The number of thiophene rings is 1. The molecular formula is C32H30FN5O5S. The number of nitrogens with one attached hydrogen (secondary N) is 2. The van der Waals surface area contributed by atoms with Gasteiger partial charge in [-0.1, -0.05) is 18.2 Å². The Morgan fingerprint density at radius 3 is 2.52 bits per heavy atom. The zero-order valence-electron chi connectivity index (χ0n) is 24.3. The average Bonchev–Trinajstić information content (AvgIpc) is 3.61. The van der Waals surface area contributed by atoms with Crippen molar-refractivity contribution >= 4 is 39.1 Å². The number of hydrogen-bond acceptors (Lipinski definition) is 7. The van der Waals surface area contributed by atoms with Crippen LogP contribution in [0.25, 0.3) is 15.9 Å². The van der Waals surface area contributed by atoms with Crippen LogP contribution in [0.1, 0.15) is 52.4 Å². The first kappa shape index (κ1) is 29.3. The number of benzene rings is 2. The molecule has 2 amide bonds. The number of fused-ring (bicyclic) bond motifs is 1. The third kappa shape index (κ3) is 5.99. The Bertz CT molecular complexity index is 1950. The largest absolute Gasteiger partial charge is 0.453 e. The van der Waals surface area contributed by atoms with Gasteiger partial charge in [-0.25, -0.2) is 9.07 Å². The van der Waals surface area contributed by atoms with Gasteiger partial charge in [-0.05, 0) is 63.9 Å². The second kappa shape index (κ2) is 11.4. The van der Waals surface area contributed by atoms with E-state index in [1.807, 2.05) is 6.07 Å². The Balaban J connectivity index is 1.25. The summed E-state index contributed by atoms with van der Waals surface area (Å²) in [6.45, 7) is 4.90. The lowest BCUT2D eigenvalue weighted by Gasteiger charge is -2.22. The van der Waals surface area contributed by atoms with Crippen LogP contribution in [0.15, 0.2) is 71.7 Å². The van der Waals surface area contributed by atoms with Crippen LogP contribution in [0.4, 0.5) is 10.1 Å². The monoisotopic (exact) mass is 615 g/mol. The van der Waals surface area contributed by atoms with E-state index in [-0.39, 0.29) is 35.5 Å². The Labute approximate surface area is 255 Å². The summed E-state index contributed by atoms with van der Waals surface area (Å²) < 4.78 is 24.6. The van der Waals surface area contributed by atoms with Crippen molar-refractivity contribution < 1.29 is 23.8 Å². The molecule has 6 rings (SSSR count). The molecular weight excluding hydrogens is 585 g/mol. The van der Waals surface area contributed by atoms with Gasteiger partial charge in [-0.15, -0.1) is 11.3 Å². The maximum atomic E-state index is 15.3. The van der Waals surface area contributed by atoms with Gasteiger partial charge in [0.1, 0.15) is 11.3 Å². The summed E-state index contributed by atoms with van der Waals surface area (Å²) in [6.07, 6.45) is 3.46. The van der Waals surface area contributed by atoms with Crippen molar-refractivity contribution in [2.24, 2.45) is 0 Å². The third-order valence-corrected chi connectivity index (χ3v) is 8.22. The molecule has 0 unspecified atom stereocenters. The van der Waals surface area contributed by atoms with E-state index in [4.69, 9.17) is 4.74 Å². The highest BCUT2D eigenvalue weighted by molar-refractivity contribution is 7.21. The number of halogens is 1. The summed E-state index contributed by atoms with van der Waals surface area (Å²) in [4.78, 5) is 44.2. The second-order valence-corrected chi connectivity index (χ2v) is 12.4. The average molecular weight is 616 g/mol. The number of aromatic nitrogens is 3. The molecule has 1 aliphatic rings. The van der Waals surface area contributed by atoms with Crippen molar-refractivity contribution in [1.29, 1.82) is 0 Å². The van der Waals surface area contributed by atoms with E-state index >= 15 is 4.39 Å². The molecule has 226 valence electrons. The van der Waals surface area contributed by atoms with E-state index in [1.54, 1.807) is 61.9 Å². The van der Waals surface area contributed by atoms with Crippen molar-refractivity contribution in [3.63, 3.8) is 0 Å². The Morgan fingerprint density at radius 2 is 1.84 bits per heavy atom. The Hall–Kier alpha value is -4.81. The van der Waals surface area contributed by atoms with Crippen molar-refractivity contribution in [2.45, 2.75) is 51.8 Å². The normalized spacial score (nSPS) is 13.2. The molecule has 0 aliphatic heterocycles. The lowest BCUT2D eigenvalue weighted by atomic mass is 10.1. The van der Waals surface area contributed by atoms with E-state index in [9.17, 15) is 19.5 Å². The molecule has 1 fully saturated rings. The van der Waals surface area contributed by atoms with Crippen LogP contribution < -0.4 is 20.9 Å². The van der Waals surface area contributed by atoms with Gasteiger partial charge in [0.2, 0.25) is 0 Å². The predicted molar refractivity (Wildman–Crippen MR) is 166 cm³/mol. The molecule has 5 aromatic rings. The van der Waals surface area contributed by atoms with Crippen molar-refractivity contribution in [1.82, 2.24) is 19.7 Å². The standard InChI is InChI=1S/C32H30FN5O5S/c1-18-27(31(41)38(21-7-5-4-6-8-21)37(18)17-32(2,3)42)30(40)36-20-11-12-24(22(33)15-20)43-25-13-14-34-23-16-26(44-28(23)25)29(39)35-19-9-10-19/h4-8,11-16,19,42H,9-10,17H2,1-3H3,(H,35,39)(H,36,40). The molecule has 1 aliphatic carbocycles. The number of para-hydroxylation sites is 1. The van der Waals surface area contributed by atoms with Crippen LogP contribution in [-0.4, -0.2) is 42.9 Å². The van der Waals surface area contributed by atoms with Gasteiger partial charge in [-0.2, -0.15) is 0 Å². The summed E-state index contributed by atoms with van der Waals surface area (Å²) in [6, 6.07) is 16.2. The highest BCUT2D eigenvalue weighted by atomic mass is 32.1. The molecule has 3 heterocycles. The minimum Gasteiger partial charge on any atom is -0.453 e. The van der Waals surface area contributed by atoms with E-state index in [0.717, 1.165) is 18.9 Å². The smallest absolute Gasteiger partial charge is 0.284 e. The molecule has 2 aromatic carbocycles. The van der Waals surface area contributed by atoms with E-state index in [2.05, 4.69) is 15.6 Å². The lowest BCUT2D eigenvalue weighted by Crippen LogP contribution is -2.32. The summed E-state index contributed by atoms with van der Waals surface area (Å²) in [5.41, 5.74) is -0.310. The number of hydrogen-bond donors (Lipinski definition) is 3. The molecule has 12 heteroatoms. The Kier molecular flexibility index (Phi) is 7.56. The fourth-order valence-corrected chi connectivity index (χ4v) is 5.83. The lowest BCUT2D eigenvalue weighted by molar-refractivity contribution is 0.0545. The summed E-state index contributed by atoms with van der Waals surface area (Å²) in [5.74, 6) is -1.38. The van der Waals surface area contributed by atoms with Crippen molar-refractivity contribution in [3.05, 3.63) is 99.2 Å². The fourth-order valence-electron chi connectivity index (χ4n) is 4.86. The third-order valence-electron chi connectivity index (χ3n) is 7.08. The van der Waals surface area contributed by atoms with Gasteiger partial charge < -0.3 is 20.5 Å². The highest BCUT2D eigenvalue weighted by Gasteiger charge is 2.28. The van der Waals surface area contributed by atoms with Crippen molar-refractivity contribution in [3.8, 4) is 17.2 Å². The first-order valence-electron chi connectivity index (χ1n) is 14.1. The minimum atomic E-state index is -1.17. The SMILES string of the molecule is Cc1c(C(=O)Nc2ccc(Oc3ccnc4cc(C(=O)NC5CC5)sc34)c(F)c2)c(=O)n(-c2ccccc2)n1CC(C)(C)O. The fraction of sp³-hybridized carbons (Fsp3) is 0.250. The van der Waals surface area contributed by atoms with Gasteiger partial charge in [0.25, 0.3) is 17.4 Å². The number of rotatable bonds is 9. The first-order valence-corrected chi connectivity index (χ1v) is 14.9. The topological polar surface area (TPSA) is 127 Å². The molecule has 3 aromatic heterocycles. The van der Waals surface area contributed by atoms with E-state index in [1.165, 1.54) is 34.3 Å². The quantitative estimate of drug-likeness (QED) is 0.204. The predicted octanol–water partition coefficient (Wildman–Crippen LogP) is 5.40. The molecule has 0 bridgehead atoms. The summed E-state index contributed by atoms with van der Waals surface area (Å²) in [7, 11) is 0. The number of nitrogens with zero attached hydrogens (tertiary/aromatic N) is 3. The number of carbonyl (C=O) groups is 2. The highest BCUT2D eigenvalue weighted by Crippen LogP contribution is 2.36. The molecule has 0 saturated heterocycles. The van der Waals surface area contributed by atoms with E-state index < -0.39 is 22.9 Å². The molecule has 1 saturated carbocycles. The molecule has 0 atom stereocenters. The van der Waals surface area contributed by atoms with Crippen LogP contribution in [0.3, 0.4) is 0 Å². The van der Waals surface area contributed by atoms with Crippen LogP contribution >= 0.6 is 11.3 Å². The van der Waals surface area contributed by atoms with Gasteiger partial charge in [0.05, 0.1) is 38.6 Å². The second-order valence-electron chi connectivity index (χ2n) is 11.4. The van der Waals surface area contributed by atoms with Crippen LogP contribution in [0, 0.1) is 12.7 Å². The molecule has 0 spiro atoms. The number of carbonyl (C=O) groups excluding carboxylic acids is 2. The first-order chi connectivity index (χ1) is 21.0. The van der Waals surface area contributed by atoms with Gasteiger partial charge in [0.15, 0.2) is 11.6 Å². The number of aliphatic hydroxyl groups is 1. The number of pyridine rings is 1. The van der Waals surface area contributed by atoms with Crippen LogP contribution in [0.5, 0.6) is 11.5 Å². The maximum Gasteiger partial charge on any atom is 0.284 e. The zero-order valence-corrected chi connectivity index (χ0v) is 25.1. The van der Waals surface area contributed by atoms with Gasteiger partial charge in [0, 0.05) is 30.1 Å². The van der Waals surface area contributed by atoms with E-state index in [0.29, 0.717) is 32.2 Å². The van der Waals surface area contributed by atoms with Crippen molar-refractivity contribution in [2.75, 3.05) is 5.32 Å². The van der Waals surface area contributed by atoms with Gasteiger partial charge >= 0.3 is 0 Å². The molecule has 10 nitrogen and oxygen atoms in total. The molecule has 44 heavy (non-hydrogen) atoms. The summed E-state index contributed by atoms with van der Waals surface area (Å²) >= 11 is 1.22. The number of anilines is 1. The number of amides is 2. The zero-order chi connectivity index (χ0) is 31.2. The van der Waals surface area contributed by atoms with Crippen LogP contribution in [0.2, 0.25) is 0 Å². The van der Waals surface area contributed by atoms with Crippen LogP contribution in [-0.2, 0) is 6.54 Å². The van der Waals surface area contributed by atoms with Gasteiger partial charge in [-0.3, -0.25) is 24.0 Å². The number of ether oxygens (including phenoxy) is 1. The molecule has 0 radical (unpaired) electrons. The Morgan fingerprint density at radius 1 is 1.09 bits per heavy atom. The maximum absolute atomic E-state index is 15.3. The summed E-state index contributed by atoms with van der Waals surface area (Å²) in [5, 5.41) is 16.1. The minimum absolute atomic E-state index is 0.0517.